The van der Waals surface area contributed by atoms with Crippen LogP contribution in [0, 0.1) is 5.92 Å². The first-order valence-electron chi connectivity index (χ1n) is 6.57. The second-order valence-corrected chi connectivity index (χ2v) is 10.9. The molecule has 21 heavy (non-hydrogen) atoms. The molecule has 0 aromatic carbocycles. The predicted octanol–water partition coefficient (Wildman–Crippen LogP) is 2.33. The molecule has 2 aromatic heterocycles. The maximum absolute atomic E-state index is 6.11. The van der Waals surface area contributed by atoms with Gasteiger partial charge >= 0.3 is 0 Å². The van der Waals surface area contributed by atoms with Gasteiger partial charge in [0.2, 0.25) is 0 Å². The Hall–Kier alpha value is -0.440. The number of nitrogen functional groups attached to an aromatic ring is 1. The van der Waals surface area contributed by atoms with Gasteiger partial charge in [0.25, 0.3) is 0 Å². The number of nitrogens with two attached hydrogens (primary N) is 1. The first-order chi connectivity index (χ1) is 10.1. The number of hydrogen-bond acceptors (Lipinski definition) is 6. The van der Waals surface area contributed by atoms with Gasteiger partial charge < -0.3 is 15.0 Å². The van der Waals surface area contributed by atoms with E-state index in [1.165, 1.54) is 6.33 Å². The molecule has 0 aliphatic carbocycles. The van der Waals surface area contributed by atoms with E-state index in [2.05, 4.69) is 39.7 Å². The third-order valence-corrected chi connectivity index (χ3v) is 4.97. The molecule has 3 heterocycles. The minimum absolute atomic E-state index is 0.0812. The van der Waals surface area contributed by atoms with Gasteiger partial charge in [-0.05, 0) is 12.3 Å². The Kier molecular flexibility index (Phi) is 4.68. The van der Waals surface area contributed by atoms with E-state index < -0.39 is 7.53 Å². The van der Waals surface area contributed by atoms with Crippen molar-refractivity contribution in [1.82, 2.24) is 19.5 Å². The third-order valence-electron chi connectivity index (χ3n) is 3.63. The average molecular weight is 345 g/mol. The molecule has 1 saturated heterocycles. The Balaban J connectivity index is 1.79. The van der Waals surface area contributed by atoms with Crippen LogP contribution in [-0.4, -0.2) is 32.2 Å². The van der Waals surface area contributed by atoms with Crippen LogP contribution in [0.5, 0.6) is 0 Å². The Bertz CT molecular complexity index is 637. The summed E-state index contributed by atoms with van der Waals surface area (Å²) >= 11 is 0. The fraction of sp³-hybridized carbons (Fsp3) is 0.545. The van der Waals surface area contributed by atoms with Gasteiger partial charge in [-0.15, -0.1) is 0 Å². The molecule has 1 aliphatic heterocycles. The summed E-state index contributed by atoms with van der Waals surface area (Å²) in [4.78, 5) is 12.5. The number of rotatable bonds is 4. The van der Waals surface area contributed by atoms with Gasteiger partial charge in [-0.1, -0.05) is 24.8 Å². The van der Waals surface area contributed by atoms with Gasteiger partial charge in [0, 0.05) is 0 Å². The van der Waals surface area contributed by atoms with E-state index in [-0.39, 0.29) is 12.3 Å². The number of imidazole rings is 1. The highest BCUT2D eigenvalue weighted by atomic mass is 32.4. The lowest BCUT2D eigenvalue weighted by molar-refractivity contribution is -0.0201. The van der Waals surface area contributed by atoms with Crippen LogP contribution < -0.4 is 5.73 Å². The van der Waals surface area contributed by atoms with E-state index in [1.807, 2.05) is 4.57 Å². The number of nitrogens with zero attached hydrogens (tertiary/aromatic N) is 4. The minimum atomic E-state index is -0.531. The molecule has 0 bridgehead atoms. The Morgan fingerprint density at radius 1 is 1.48 bits per heavy atom. The molecule has 114 valence electrons. The first-order valence-corrected chi connectivity index (χ1v) is 11.1. The smallest absolute Gasteiger partial charge is 0.167 e. The van der Waals surface area contributed by atoms with Crippen LogP contribution in [0.15, 0.2) is 12.7 Å². The van der Waals surface area contributed by atoms with Crippen LogP contribution in [0.3, 0.4) is 0 Å². The van der Waals surface area contributed by atoms with E-state index in [1.54, 1.807) is 6.33 Å². The molecule has 0 saturated carbocycles. The summed E-state index contributed by atoms with van der Waals surface area (Å²) < 4.78 is 13.7. The molecule has 0 radical (unpaired) electrons. The predicted molar refractivity (Wildman–Crippen MR) is 89.7 cm³/mol. The summed E-state index contributed by atoms with van der Waals surface area (Å²) in [5.74, 6) is 0.804. The second kappa shape index (κ2) is 6.36. The van der Waals surface area contributed by atoms with Gasteiger partial charge in [0.15, 0.2) is 11.5 Å². The molecular formula is C11H18N5O2P3. The molecule has 0 amide bonds. The number of anilines is 1. The van der Waals surface area contributed by atoms with E-state index in [0.29, 0.717) is 29.5 Å². The topological polar surface area (TPSA) is 88.1 Å². The maximum atomic E-state index is 6.11. The highest BCUT2D eigenvalue weighted by Crippen LogP contribution is 2.54. The van der Waals surface area contributed by atoms with Crippen molar-refractivity contribution < 1.29 is 9.26 Å². The van der Waals surface area contributed by atoms with Gasteiger partial charge in [-0.3, -0.25) is 4.57 Å². The average Bonchev–Trinajstić information content (AvgIpc) is 3.01. The standard InChI is InChI=1S/C11H18N5O2P3/c1-6-2-8(18-7(6)3-17-21(19)20)16-5-15-9-10(12)13-4-14-11(9)16/h4-8H,2-3,19-20H2,1H3,(H2,12,13,14)/t6?,7-,8-/m1/s1. The van der Waals surface area contributed by atoms with Gasteiger partial charge in [-0.25, -0.2) is 15.0 Å². The molecular weight excluding hydrogens is 327 g/mol. The Labute approximate surface area is 128 Å². The fourth-order valence-corrected chi connectivity index (χ4v) is 3.32. The maximum Gasteiger partial charge on any atom is 0.167 e. The zero-order valence-electron chi connectivity index (χ0n) is 11.6. The fourth-order valence-electron chi connectivity index (χ4n) is 2.48. The van der Waals surface area contributed by atoms with Crippen molar-refractivity contribution in [3.63, 3.8) is 0 Å². The number of hydrogen-bond donors (Lipinski definition) is 1. The van der Waals surface area contributed by atoms with Gasteiger partial charge in [0.05, 0.1) is 26.6 Å². The van der Waals surface area contributed by atoms with Crippen LogP contribution >= 0.6 is 25.4 Å². The molecule has 2 aromatic rings. The number of ether oxygens (including phenoxy) is 1. The molecule has 10 heteroatoms. The number of fused-ring (bicyclic) bond motifs is 1. The summed E-state index contributed by atoms with van der Waals surface area (Å²) in [6.45, 7) is 2.77. The monoisotopic (exact) mass is 345 g/mol. The normalized spacial score (nSPS) is 26.0. The zero-order chi connectivity index (χ0) is 15.0. The molecule has 1 aliphatic rings. The van der Waals surface area contributed by atoms with Crippen molar-refractivity contribution >= 4 is 42.4 Å². The highest BCUT2D eigenvalue weighted by molar-refractivity contribution is 8.41. The highest BCUT2D eigenvalue weighted by Gasteiger charge is 2.34. The second-order valence-electron chi connectivity index (χ2n) is 5.08. The molecule has 2 N–H and O–H groups in total. The Morgan fingerprint density at radius 3 is 3.05 bits per heavy atom. The molecule has 3 rings (SSSR count). The van der Waals surface area contributed by atoms with Crippen molar-refractivity contribution in [1.29, 1.82) is 0 Å². The molecule has 3 unspecified atom stereocenters. The van der Waals surface area contributed by atoms with E-state index in [4.69, 9.17) is 15.0 Å². The van der Waals surface area contributed by atoms with Crippen molar-refractivity contribution in [2.45, 2.75) is 25.7 Å². The van der Waals surface area contributed by atoms with Crippen LogP contribution in [0.2, 0.25) is 0 Å². The minimum Gasteiger partial charge on any atom is -0.382 e. The van der Waals surface area contributed by atoms with Crippen molar-refractivity contribution in [2.75, 3.05) is 12.3 Å². The molecule has 0 spiro atoms. The van der Waals surface area contributed by atoms with E-state index in [0.717, 1.165) is 6.42 Å². The van der Waals surface area contributed by atoms with E-state index >= 15 is 0 Å². The summed E-state index contributed by atoms with van der Waals surface area (Å²) in [6.07, 6.45) is 4.06. The van der Waals surface area contributed by atoms with Crippen LogP contribution in [0.1, 0.15) is 19.6 Å². The third kappa shape index (κ3) is 3.18. The quantitative estimate of drug-likeness (QED) is 0.856. The summed E-state index contributed by atoms with van der Waals surface area (Å²) in [5, 5.41) is 0. The molecule has 1 fully saturated rings. The molecule has 5 atom stereocenters. The first kappa shape index (κ1) is 15.5. The van der Waals surface area contributed by atoms with Gasteiger partial charge in [0.1, 0.15) is 18.1 Å². The number of aromatic nitrogens is 4. The van der Waals surface area contributed by atoms with Crippen LogP contribution in [-0.2, 0) is 9.26 Å². The lowest BCUT2D eigenvalue weighted by atomic mass is 10.0. The SMILES string of the molecule is CC1C[C@H](n2cnc3c(N)ncnc32)O[C@@H]1COP(P)P. The molecule has 7 nitrogen and oxygen atoms in total. The van der Waals surface area contributed by atoms with Crippen molar-refractivity contribution in [2.24, 2.45) is 5.92 Å². The van der Waals surface area contributed by atoms with E-state index in [9.17, 15) is 0 Å². The summed E-state index contributed by atoms with van der Waals surface area (Å²) in [7, 11) is 4.78. The summed E-state index contributed by atoms with van der Waals surface area (Å²) in [5.41, 5.74) is 7.14. The lowest BCUT2D eigenvalue weighted by Crippen LogP contribution is -2.19. The van der Waals surface area contributed by atoms with Crippen molar-refractivity contribution in [3.05, 3.63) is 12.7 Å². The largest absolute Gasteiger partial charge is 0.382 e. The van der Waals surface area contributed by atoms with Crippen LogP contribution in [0.25, 0.3) is 11.2 Å². The Morgan fingerprint density at radius 2 is 2.29 bits per heavy atom. The van der Waals surface area contributed by atoms with Gasteiger partial charge in [-0.2, -0.15) is 0 Å². The lowest BCUT2D eigenvalue weighted by Gasteiger charge is -2.17. The van der Waals surface area contributed by atoms with Crippen LogP contribution in [0.4, 0.5) is 5.82 Å². The van der Waals surface area contributed by atoms with Crippen molar-refractivity contribution in [3.8, 4) is 0 Å². The summed E-state index contributed by atoms with van der Waals surface area (Å²) in [6, 6.07) is 0. The zero-order valence-corrected chi connectivity index (χ0v) is 14.8.